The van der Waals surface area contributed by atoms with Gasteiger partial charge in [0.2, 0.25) is 0 Å². The molecule has 5 aromatic rings. The molecule has 0 spiro atoms. The van der Waals surface area contributed by atoms with E-state index in [1.807, 2.05) is 11.3 Å². The van der Waals surface area contributed by atoms with Crippen molar-refractivity contribution in [2.75, 3.05) is 0 Å². The molecule has 0 aliphatic heterocycles. The van der Waals surface area contributed by atoms with Gasteiger partial charge in [-0.25, -0.2) is 0 Å². The molecule has 5 rings (SSSR count). The highest BCUT2D eigenvalue weighted by Crippen LogP contribution is 2.44. The zero-order chi connectivity index (χ0) is 16.4. The summed E-state index contributed by atoms with van der Waals surface area (Å²) in [5, 5.41) is 8.10. The largest absolute Gasteiger partial charge is 0.139 e. The minimum absolute atomic E-state index is 1.24. The molecule has 0 N–H and O–H groups in total. The lowest BCUT2D eigenvalue weighted by molar-refractivity contribution is 1.46. The van der Waals surface area contributed by atoms with Crippen molar-refractivity contribution in [3.63, 3.8) is 0 Å². The van der Waals surface area contributed by atoms with Crippen LogP contribution in [0.3, 0.4) is 0 Å². The van der Waals surface area contributed by atoms with E-state index < -0.39 is 0 Å². The van der Waals surface area contributed by atoms with Crippen molar-refractivity contribution in [3.8, 4) is 10.4 Å². The predicted molar refractivity (Wildman–Crippen MR) is 111 cm³/mol. The topological polar surface area (TPSA) is 0 Å². The molecular formula is C22H15BrS. The van der Waals surface area contributed by atoms with Crippen LogP contribution in [0.4, 0.5) is 0 Å². The third-order valence-corrected chi connectivity index (χ3v) is 7.70. The van der Waals surface area contributed by atoms with Crippen LogP contribution in [0.2, 0.25) is 0 Å². The molecular weight excluding hydrogens is 376 g/mol. The summed E-state index contributed by atoms with van der Waals surface area (Å²) in [6, 6.07) is 20.2. The van der Waals surface area contributed by atoms with Crippen LogP contribution in [0.25, 0.3) is 42.8 Å². The van der Waals surface area contributed by atoms with Gasteiger partial charge in [-0.3, -0.25) is 0 Å². The first-order chi connectivity index (χ1) is 11.6. The average molecular weight is 391 g/mol. The van der Waals surface area contributed by atoms with Gasteiger partial charge < -0.3 is 0 Å². The Kier molecular flexibility index (Phi) is 3.04. The van der Waals surface area contributed by atoms with Crippen LogP contribution in [0.1, 0.15) is 10.4 Å². The highest BCUT2D eigenvalue weighted by atomic mass is 79.9. The van der Waals surface area contributed by atoms with E-state index >= 15 is 0 Å². The Morgan fingerprint density at radius 3 is 2.04 bits per heavy atom. The van der Waals surface area contributed by atoms with Crippen molar-refractivity contribution in [2.24, 2.45) is 0 Å². The van der Waals surface area contributed by atoms with Gasteiger partial charge in [-0.05, 0) is 73.2 Å². The summed E-state index contributed by atoms with van der Waals surface area (Å²) in [7, 11) is 0. The Morgan fingerprint density at radius 1 is 0.750 bits per heavy atom. The van der Waals surface area contributed by atoms with Crippen molar-refractivity contribution in [1.29, 1.82) is 0 Å². The standard InChI is InChI=1S/C22H15BrS/c1-12-21(23)13(2)24-22(12)18-11-9-16-7-6-14-4-3-5-15-8-10-17(18)20(16)19(14)15/h3-11H,1-2H3. The van der Waals surface area contributed by atoms with E-state index in [1.165, 1.54) is 57.7 Å². The Bertz CT molecular complexity index is 1210. The molecule has 1 heterocycles. The van der Waals surface area contributed by atoms with Gasteiger partial charge in [0.15, 0.2) is 0 Å². The van der Waals surface area contributed by atoms with Crippen LogP contribution in [0.5, 0.6) is 0 Å². The number of halogens is 1. The molecule has 24 heavy (non-hydrogen) atoms. The van der Waals surface area contributed by atoms with E-state index in [4.69, 9.17) is 0 Å². The molecule has 0 fully saturated rings. The molecule has 0 saturated carbocycles. The van der Waals surface area contributed by atoms with Crippen LogP contribution >= 0.6 is 27.3 Å². The van der Waals surface area contributed by atoms with E-state index in [-0.39, 0.29) is 0 Å². The Morgan fingerprint density at radius 2 is 1.38 bits per heavy atom. The summed E-state index contributed by atoms with van der Waals surface area (Å²) < 4.78 is 1.24. The van der Waals surface area contributed by atoms with Gasteiger partial charge in [-0.1, -0.05) is 54.6 Å². The molecule has 0 unspecified atom stereocenters. The monoisotopic (exact) mass is 390 g/mol. The fraction of sp³-hybridized carbons (Fsp3) is 0.0909. The van der Waals surface area contributed by atoms with Crippen LogP contribution < -0.4 is 0 Å². The summed E-state index contributed by atoms with van der Waals surface area (Å²) in [5.74, 6) is 0. The van der Waals surface area contributed by atoms with Gasteiger partial charge >= 0.3 is 0 Å². The van der Waals surface area contributed by atoms with Gasteiger partial charge in [0.1, 0.15) is 0 Å². The molecule has 0 bridgehead atoms. The highest BCUT2D eigenvalue weighted by molar-refractivity contribution is 9.10. The number of aryl methyl sites for hydroxylation is 1. The third-order valence-electron chi connectivity index (χ3n) is 5.01. The second kappa shape index (κ2) is 5.05. The zero-order valence-corrected chi connectivity index (χ0v) is 15.9. The molecule has 0 aliphatic carbocycles. The van der Waals surface area contributed by atoms with E-state index in [0.29, 0.717) is 0 Å². The van der Waals surface area contributed by atoms with Crippen molar-refractivity contribution >= 4 is 59.6 Å². The molecule has 1 aromatic heterocycles. The normalized spacial score (nSPS) is 12.0. The SMILES string of the molecule is Cc1sc(-c2ccc3ccc4cccc5ccc2c3c45)c(C)c1Br. The number of hydrogen-bond donors (Lipinski definition) is 0. The van der Waals surface area contributed by atoms with E-state index in [0.717, 1.165) is 0 Å². The molecule has 0 radical (unpaired) electrons. The van der Waals surface area contributed by atoms with Crippen molar-refractivity contribution in [3.05, 3.63) is 69.5 Å². The summed E-state index contributed by atoms with van der Waals surface area (Å²) in [6.45, 7) is 4.39. The van der Waals surface area contributed by atoms with Gasteiger partial charge in [-0.15, -0.1) is 11.3 Å². The number of rotatable bonds is 1. The Labute approximate surface area is 153 Å². The highest BCUT2D eigenvalue weighted by Gasteiger charge is 2.16. The summed E-state index contributed by atoms with van der Waals surface area (Å²) in [5.41, 5.74) is 2.68. The zero-order valence-electron chi connectivity index (χ0n) is 13.5. The van der Waals surface area contributed by atoms with Crippen molar-refractivity contribution in [1.82, 2.24) is 0 Å². The molecule has 0 atom stereocenters. The quantitative estimate of drug-likeness (QED) is 0.257. The minimum atomic E-state index is 1.24. The molecule has 4 aromatic carbocycles. The second-order valence-electron chi connectivity index (χ2n) is 6.40. The van der Waals surface area contributed by atoms with Gasteiger partial charge in [0.25, 0.3) is 0 Å². The first-order valence-corrected chi connectivity index (χ1v) is 9.68. The van der Waals surface area contributed by atoms with Crippen LogP contribution in [-0.2, 0) is 0 Å². The summed E-state index contributed by atoms with van der Waals surface area (Å²) in [6.07, 6.45) is 0. The number of hydrogen-bond acceptors (Lipinski definition) is 1. The lowest BCUT2D eigenvalue weighted by Crippen LogP contribution is -1.86. The maximum atomic E-state index is 3.74. The van der Waals surface area contributed by atoms with Gasteiger partial charge in [0, 0.05) is 14.2 Å². The molecule has 2 heteroatoms. The second-order valence-corrected chi connectivity index (χ2v) is 8.41. The van der Waals surface area contributed by atoms with Gasteiger partial charge in [-0.2, -0.15) is 0 Å². The summed E-state index contributed by atoms with van der Waals surface area (Å²) >= 11 is 5.62. The van der Waals surface area contributed by atoms with Crippen LogP contribution in [0, 0.1) is 13.8 Å². The van der Waals surface area contributed by atoms with E-state index in [1.54, 1.807) is 0 Å². The van der Waals surface area contributed by atoms with Crippen LogP contribution in [0.15, 0.2) is 59.1 Å². The average Bonchev–Trinajstić information content (AvgIpc) is 2.87. The van der Waals surface area contributed by atoms with E-state index in [2.05, 4.69) is 84.4 Å². The van der Waals surface area contributed by atoms with Crippen molar-refractivity contribution < 1.29 is 0 Å². The maximum absolute atomic E-state index is 3.74. The summed E-state index contributed by atoms with van der Waals surface area (Å²) in [4.78, 5) is 2.71. The lowest BCUT2D eigenvalue weighted by atomic mass is 9.91. The lowest BCUT2D eigenvalue weighted by Gasteiger charge is -2.13. The Balaban J connectivity index is 1.99. The first kappa shape index (κ1) is 14.4. The molecule has 0 nitrogen and oxygen atoms in total. The van der Waals surface area contributed by atoms with Gasteiger partial charge in [0.05, 0.1) is 0 Å². The molecule has 116 valence electrons. The fourth-order valence-electron chi connectivity index (χ4n) is 3.83. The molecule has 0 amide bonds. The minimum Gasteiger partial charge on any atom is -0.139 e. The number of benzene rings is 4. The van der Waals surface area contributed by atoms with Crippen molar-refractivity contribution in [2.45, 2.75) is 13.8 Å². The van der Waals surface area contributed by atoms with E-state index in [9.17, 15) is 0 Å². The third kappa shape index (κ3) is 1.84. The molecule has 0 aliphatic rings. The molecule has 0 saturated heterocycles. The van der Waals surface area contributed by atoms with Crippen LogP contribution in [-0.4, -0.2) is 0 Å². The fourth-order valence-corrected chi connectivity index (χ4v) is 5.49. The Hall–Kier alpha value is -1.90. The number of thiophene rings is 1. The first-order valence-electron chi connectivity index (χ1n) is 8.07. The predicted octanol–water partition coefficient (Wildman–Crippen LogP) is 7.69. The maximum Gasteiger partial charge on any atom is 0.0392 e. The smallest absolute Gasteiger partial charge is 0.0392 e.